The van der Waals surface area contributed by atoms with Crippen LogP contribution in [0.3, 0.4) is 0 Å². The highest BCUT2D eigenvalue weighted by Crippen LogP contribution is 2.44. The molecule has 2 aromatic heterocycles. The van der Waals surface area contributed by atoms with Crippen LogP contribution in [-0.2, 0) is 10.2 Å². The summed E-state index contributed by atoms with van der Waals surface area (Å²) in [5.41, 5.74) is 5.84. The van der Waals surface area contributed by atoms with Crippen molar-refractivity contribution in [1.29, 1.82) is 0 Å². The van der Waals surface area contributed by atoms with Crippen LogP contribution in [0.2, 0.25) is 5.15 Å². The fourth-order valence-corrected chi connectivity index (χ4v) is 4.52. The largest absolute Gasteiger partial charge is 0.366 e. The maximum Gasteiger partial charge on any atom is 0.247 e. The minimum atomic E-state index is -1.56. The predicted molar refractivity (Wildman–Crippen MR) is 105 cm³/mol. The number of aryl methyl sites for hydroxylation is 1. The van der Waals surface area contributed by atoms with Gasteiger partial charge < -0.3 is 5.73 Å². The lowest BCUT2D eigenvalue weighted by atomic mass is 9.73. The van der Waals surface area contributed by atoms with E-state index in [4.69, 9.17) is 17.3 Å². The van der Waals surface area contributed by atoms with E-state index in [1.807, 2.05) is 19.9 Å². The molecular weight excluding hydrogens is 387 g/mol. The van der Waals surface area contributed by atoms with Gasteiger partial charge in [-0.05, 0) is 25.5 Å². The van der Waals surface area contributed by atoms with Crippen LogP contribution in [0.1, 0.15) is 36.9 Å². The van der Waals surface area contributed by atoms with Crippen LogP contribution in [0.5, 0.6) is 0 Å². The van der Waals surface area contributed by atoms with Crippen LogP contribution in [-0.4, -0.2) is 27.3 Å². The lowest BCUT2D eigenvalue weighted by Crippen LogP contribution is -2.41. The second kappa shape index (κ2) is 7.86. The van der Waals surface area contributed by atoms with Crippen molar-refractivity contribution in [1.82, 2.24) is 15.2 Å². The van der Waals surface area contributed by atoms with Crippen molar-refractivity contribution in [3.63, 3.8) is 0 Å². The standard InChI is InChI=1S/C19H20ClFN4OS/c1-3-4-7-19(8-5-6-13(15(19)21)16(22)26)18-25-24-17(27-18)12-9-11(2)23-14(20)10-12/h5-6,8-10,15H,3-4,7H2,1-2H3,(H2,22,26). The third-order valence-corrected chi connectivity index (χ3v) is 5.97. The maximum absolute atomic E-state index is 15.5. The van der Waals surface area contributed by atoms with Gasteiger partial charge >= 0.3 is 0 Å². The Bertz CT molecular complexity index is 906. The lowest BCUT2D eigenvalue weighted by molar-refractivity contribution is -0.115. The number of nitrogens with zero attached hydrogens (tertiary/aromatic N) is 3. The molecule has 2 aromatic rings. The number of alkyl halides is 1. The Hall–Kier alpha value is -2.12. The quantitative estimate of drug-likeness (QED) is 0.724. The highest BCUT2D eigenvalue weighted by molar-refractivity contribution is 7.14. The van der Waals surface area contributed by atoms with Crippen LogP contribution in [0.15, 0.2) is 35.9 Å². The van der Waals surface area contributed by atoms with Gasteiger partial charge in [-0.25, -0.2) is 9.37 Å². The zero-order valence-electron chi connectivity index (χ0n) is 15.1. The van der Waals surface area contributed by atoms with Gasteiger partial charge in [0.25, 0.3) is 0 Å². The smallest absolute Gasteiger partial charge is 0.247 e. The molecule has 2 N–H and O–H groups in total. The molecule has 0 saturated heterocycles. The summed E-state index contributed by atoms with van der Waals surface area (Å²) >= 11 is 7.34. The van der Waals surface area contributed by atoms with E-state index in [1.54, 1.807) is 18.2 Å². The molecule has 2 heterocycles. The Morgan fingerprint density at radius 1 is 1.41 bits per heavy atom. The number of aromatic nitrogens is 3. The second-order valence-corrected chi connectivity index (χ2v) is 7.95. The summed E-state index contributed by atoms with van der Waals surface area (Å²) in [6.45, 7) is 3.87. The molecule has 0 bridgehead atoms. The summed E-state index contributed by atoms with van der Waals surface area (Å²) in [4.78, 5) is 15.8. The third-order valence-electron chi connectivity index (χ3n) is 4.62. The first-order chi connectivity index (χ1) is 12.9. The van der Waals surface area contributed by atoms with Crippen molar-refractivity contribution < 1.29 is 9.18 Å². The number of halogens is 2. The van der Waals surface area contributed by atoms with E-state index in [1.165, 1.54) is 17.4 Å². The number of carbonyl (C=O) groups is 1. The number of hydrogen-bond donors (Lipinski definition) is 1. The zero-order chi connectivity index (χ0) is 19.6. The number of hydrogen-bond acceptors (Lipinski definition) is 5. The van der Waals surface area contributed by atoms with E-state index in [0.29, 0.717) is 21.6 Å². The Labute approximate surface area is 166 Å². The van der Waals surface area contributed by atoms with Crippen LogP contribution in [0, 0.1) is 6.92 Å². The molecule has 0 spiro atoms. The van der Waals surface area contributed by atoms with Gasteiger partial charge in [0, 0.05) is 11.3 Å². The van der Waals surface area contributed by atoms with E-state index in [-0.39, 0.29) is 5.57 Å². The number of unbranched alkanes of at least 4 members (excludes halogenated alkanes) is 1. The van der Waals surface area contributed by atoms with Crippen molar-refractivity contribution in [2.24, 2.45) is 5.73 Å². The minimum absolute atomic E-state index is 0.0341. The van der Waals surface area contributed by atoms with Crippen molar-refractivity contribution in [3.05, 3.63) is 51.8 Å². The molecule has 27 heavy (non-hydrogen) atoms. The monoisotopic (exact) mass is 406 g/mol. The molecule has 0 aromatic carbocycles. The summed E-state index contributed by atoms with van der Waals surface area (Å²) in [7, 11) is 0. The first-order valence-corrected chi connectivity index (χ1v) is 9.88. The number of primary amides is 1. The number of nitrogens with two attached hydrogens (primary N) is 1. The van der Waals surface area contributed by atoms with E-state index in [9.17, 15) is 4.79 Å². The van der Waals surface area contributed by atoms with Crippen LogP contribution in [0.25, 0.3) is 10.6 Å². The molecule has 0 saturated carbocycles. The van der Waals surface area contributed by atoms with E-state index >= 15 is 4.39 Å². The molecule has 2 unspecified atom stereocenters. The van der Waals surface area contributed by atoms with Gasteiger partial charge in [0.15, 0.2) is 0 Å². The van der Waals surface area contributed by atoms with Gasteiger partial charge in [-0.2, -0.15) is 0 Å². The van der Waals surface area contributed by atoms with Crippen LogP contribution in [0.4, 0.5) is 4.39 Å². The predicted octanol–water partition coefficient (Wildman–Crippen LogP) is 4.31. The van der Waals surface area contributed by atoms with Crippen molar-refractivity contribution in [2.45, 2.75) is 44.7 Å². The number of amides is 1. The summed E-state index contributed by atoms with van der Waals surface area (Å²) < 4.78 is 15.5. The molecule has 1 amide bonds. The van der Waals surface area contributed by atoms with Gasteiger partial charge in [0.2, 0.25) is 5.91 Å². The number of carbonyl (C=O) groups excluding carboxylic acids is 1. The topological polar surface area (TPSA) is 81.8 Å². The van der Waals surface area contributed by atoms with Crippen molar-refractivity contribution >= 4 is 28.8 Å². The highest BCUT2D eigenvalue weighted by Gasteiger charge is 2.46. The average Bonchev–Trinajstić information content (AvgIpc) is 3.10. The molecule has 3 rings (SSSR count). The SMILES string of the molecule is CCCCC1(c2nnc(-c3cc(C)nc(Cl)c3)s2)C=CC=C(C(N)=O)C1F. The molecule has 2 atom stereocenters. The molecule has 1 aliphatic rings. The molecule has 0 fully saturated rings. The number of rotatable bonds is 6. The first kappa shape index (κ1) is 19.6. The molecular formula is C19H20ClFN4OS. The van der Waals surface area contributed by atoms with E-state index in [2.05, 4.69) is 15.2 Å². The van der Waals surface area contributed by atoms with Gasteiger partial charge in [0.05, 0.1) is 11.0 Å². The Balaban J connectivity index is 2.05. The van der Waals surface area contributed by atoms with Gasteiger partial charge in [-0.15, -0.1) is 10.2 Å². The minimum Gasteiger partial charge on any atom is -0.366 e. The molecule has 1 aliphatic carbocycles. The number of pyridine rings is 1. The molecule has 8 heteroatoms. The Morgan fingerprint density at radius 2 is 2.19 bits per heavy atom. The Kier molecular flexibility index (Phi) is 5.72. The summed E-state index contributed by atoms with van der Waals surface area (Å²) in [5.74, 6) is -0.756. The molecule has 0 radical (unpaired) electrons. The maximum atomic E-state index is 15.5. The van der Waals surface area contributed by atoms with Gasteiger partial charge in [0.1, 0.15) is 21.3 Å². The van der Waals surface area contributed by atoms with Crippen LogP contribution < -0.4 is 5.73 Å². The van der Waals surface area contributed by atoms with Gasteiger partial charge in [-0.3, -0.25) is 4.79 Å². The fourth-order valence-electron chi connectivity index (χ4n) is 3.22. The normalized spacial score (nSPS) is 21.9. The van der Waals surface area contributed by atoms with E-state index < -0.39 is 17.5 Å². The molecule has 5 nitrogen and oxygen atoms in total. The summed E-state index contributed by atoms with van der Waals surface area (Å²) in [6.07, 6.45) is 5.51. The fraction of sp³-hybridized carbons (Fsp3) is 0.368. The zero-order valence-corrected chi connectivity index (χ0v) is 16.6. The first-order valence-electron chi connectivity index (χ1n) is 8.69. The number of allylic oxidation sites excluding steroid dienone is 3. The third kappa shape index (κ3) is 3.80. The Morgan fingerprint density at radius 3 is 2.85 bits per heavy atom. The second-order valence-electron chi connectivity index (χ2n) is 6.58. The van der Waals surface area contributed by atoms with Gasteiger partial charge in [-0.1, -0.05) is 60.9 Å². The summed E-state index contributed by atoms with van der Waals surface area (Å²) in [6, 6.07) is 3.56. The van der Waals surface area contributed by atoms with E-state index in [0.717, 1.165) is 24.1 Å². The average molecular weight is 407 g/mol. The summed E-state index contributed by atoms with van der Waals surface area (Å²) in [5, 5.41) is 10.0. The molecule has 0 aliphatic heterocycles. The lowest BCUT2D eigenvalue weighted by Gasteiger charge is -2.34. The van der Waals surface area contributed by atoms with Crippen molar-refractivity contribution in [3.8, 4) is 10.6 Å². The highest BCUT2D eigenvalue weighted by atomic mass is 35.5. The van der Waals surface area contributed by atoms with Crippen molar-refractivity contribution in [2.75, 3.05) is 0 Å². The molecule has 142 valence electrons. The van der Waals surface area contributed by atoms with Crippen LogP contribution >= 0.6 is 22.9 Å².